The molecule has 0 N–H and O–H groups in total. The Morgan fingerprint density at radius 1 is 1.17 bits per heavy atom. The van der Waals surface area contributed by atoms with E-state index in [9.17, 15) is 14.4 Å². The highest BCUT2D eigenvalue weighted by Crippen LogP contribution is 2.24. The lowest BCUT2D eigenvalue weighted by Crippen LogP contribution is -2.31. The lowest BCUT2D eigenvalue weighted by atomic mass is 9.94. The summed E-state index contributed by atoms with van der Waals surface area (Å²) in [5, 5.41) is 0. The maximum atomic E-state index is 11.5. The number of rotatable bonds is 3. The third-order valence-electron chi connectivity index (χ3n) is 2.43. The summed E-state index contributed by atoms with van der Waals surface area (Å²) in [5.41, 5.74) is 0.348. The molecule has 6 nitrogen and oxygen atoms in total. The van der Waals surface area contributed by atoms with E-state index in [1.807, 2.05) is 0 Å². The van der Waals surface area contributed by atoms with Gasteiger partial charge >= 0.3 is 17.9 Å². The third kappa shape index (κ3) is 4.20. The zero-order valence-corrected chi connectivity index (χ0v) is 10.6. The van der Waals surface area contributed by atoms with E-state index in [-0.39, 0.29) is 6.42 Å². The summed E-state index contributed by atoms with van der Waals surface area (Å²) in [6.45, 7) is 2.57. The fourth-order valence-electron chi connectivity index (χ4n) is 1.85. The van der Waals surface area contributed by atoms with Crippen LogP contribution in [0.1, 0.15) is 26.7 Å². The van der Waals surface area contributed by atoms with Crippen LogP contribution in [0.25, 0.3) is 0 Å². The number of ether oxygens (including phenoxy) is 3. The highest BCUT2D eigenvalue weighted by molar-refractivity contribution is 5.88. The Labute approximate surface area is 105 Å². The van der Waals surface area contributed by atoms with Gasteiger partial charge in [-0.2, -0.15) is 0 Å². The van der Waals surface area contributed by atoms with Crippen LogP contribution < -0.4 is 0 Å². The van der Waals surface area contributed by atoms with E-state index in [0.29, 0.717) is 12.0 Å². The summed E-state index contributed by atoms with van der Waals surface area (Å²) in [6, 6.07) is 0. The zero-order valence-electron chi connectivity index (χ0n) is 10.6. The van der Waals surface area contributed by atoms with Gasteiger partial charge in [-0.25, -0.2) is 4.79 Å². The normalized spacial score (nSPS) is 22.7. The SMILES string of the molecule is COC(=O)C1=C[C@@H](OC(C)=O)C[C@@H](OC(C)=O)C1. The molecule has 0 bridgehead atoms. The van der Waals surface area contributed by atoms with E-state index in [0.717, 1.165) is 0 Å². The Morgan fingerprint density at radius 3 is 2.28 bits per heavy atom. The van der Waals surface area contributed by atoms with E-state index in [1.165, 1.54) is 27.0 Å². The number of esters is 3. The van der Waals surface area contributed by atoms with Gasteiger partial charge < -0.3 is 14.2 Å². The second-order valence-corrected chi connectivity index (χ2v) is 4.00. The molecule has 0 spiro atoms. The first kappa shape index (κ1) is 14.2. The van der Waals surface area contributed by atoms with Gasteiger partial charge in [0.1, 0.15) is 12.2 Å². The van der Waals surface area contributed by atoms with Crippen molar-refractivity contribution in [2.75, 3.05) is 7.11 Å². The predicted molar refractivity (Wildman–Crippen MR) is 60.4 cm³/mol. The van der Waals surface area contributed by atoms with Crippen molar-refractivity contribution in [1.82, 2.24) is 0 Å². The third-order valence-corrected chi connectivity index (χ3v) is 2.43. The first-order valence-electron chi connectivity index (χ1n) is 5.55. The lowest BCUT2D eigenvalue weighted by Gasteiger charge is -2.26. The molecule has 1 aliphatic rings. The second kappa shape index (κ2) is 6.18. The van der Waals surface area contributed by atoms with Gasteiger partial charge in [0.25, 0.3) is 0 Å². The molecule has 6 heteroatoms. The van der Waals surface area contributed by atoms with Crippen LogP contribution in [0.3, 0.4) is 0 Å². The van der Waals surface area contributed by atoms with Crippen molar-refractivity contribution in [2.24, 2.45) is 0 Å². The van der Waals surface area contributed by atoms with E-state index in [1.54, 1.807) is 0 Å². The number of hydrogen-bond acceptors (Lipinski definition) is 6. The molecule has 1 aliphatic carbocycles. The molecular weight excluding hydrogens is 240 g/mol. The Kier molecular flexibility index (Phi) is 4.88. The molecule has 2 atom stereocenters. The Morgan fingerprint density at radius 2 is 1.78 bits per heavy atom. The van der Waals surface area contributed by atoms with Crippen LogP contribution in [0.2, 0.25) is 0 Å². The van der Waals surface area contributed by atoms with E-state index in [2.05, 4.69) is 4.74 Å². The van der Waals surface area contributed by atoms with Gasteiger partial charge in [-0.15, -0.1) is 0 Å². The van der Waals surface area contributed by atoms with Gasteiger partial charge in [0, 0.05) is 32.3 Å². The molecule has 0 aliphatic heterocycles. The summed E-state index contributed by atoms with van der Waals surface area (Å²) < 4.78 is 14.7. The van der Waals surface area contributed by atoms with Crippen molar-refractivity contribution in [3.8, 4) is 0 Å². The number of carbonyl (C=O) groups is 3. The molecule has 0 unspecified atom stereocenters. The number of carbonyl (C=O) groups excluding carboxylic acids is 3. The smallest absolute Gasteiger partial charge is 0.333 e. The summed E-state index contributed by atoms with van der Waals surface area (Å²) >= 11 is 0. The fraction of sp³-hybridized carbons (Fsp3) is 0.583. The summed E-state index contributed by atoms with van der Waals surface area (Å²) in [5.74, 6) is -1.40. The molecule has 0 saturated carbocycles. The first-order chi connectivity index (χ1) is 8.42. The molecule has 0 heterocycles. The minimum atomic E-state index is -0.574. The van der Waals surface area contributed by atoms with Crippen LogP contribution in [-0.2, 0) is 28.6 Å². The minimum Gasteiger partial charge on any atom is -0.466 e. The van der Waals surface area contributed by atoms with Crippen molar-refractivity contribution >= 4 is 17.9 Å². The maximum absolute atomic E-state index is 11.5. The average molecular weight is 256 g/mol. The predicted octanol–water partition coefficient (Wildman–Crippen LogP) is 0.743. The highest BCUT2D eigenvalue weighted by atomic mass is 16.6. The van der Waals surface area contributed by atoms with Crippen LogP contribution in [0.5, 0.6) is 0 Å². The van der Waals surface area contributed by atoms with Gasteiger partial charge in [0.2, 0.25) is 0 Å². The van der Waals surface area contributed by atoms with Crippen molar-refractivity contribution in [2.45, 2.75) is 38.9 Å². The topological polar surface area (TPSA) is 78.9 Å². The summed E-state index contributed by atoms with van der Waals surface area (Å²) in [4.78, 5) is 33.3. The zero-order chi connectivity index (χ0) is 13.7. The van der Waals surface area contributed by atoms with Crippen LogP contribution in [0.4, 0.5) is 0 Å². The van der Waals surface area contributed by atoms with Crippen molar-refractivity contribution in [3.63, 3.8) is 0 Å². The van der Waals surface area contributed by atoms with Gasteiger partial charge in [0.15, 0.2) is 0 Å². The highest BCUT2D eigenvalue weighted by Gasteiger charge is 2.29. The Hall–Kier alpha value is -1.85. The number of hydrogen-bond donors (Lipinski definition) is 0. The largest absolute Gasteiger partial charge is 0.466 e. The molecule has 1 rings (SSSR count). The van der Waals surface area contributed by atoms with Crippen molar-refractivity contribution in [1.29, 1.82) is 0 Å². The standard InChI is InChI=1S/C12H16O6/c1-7(13)17-10-4-9(12(15)16-3)5-11(6-10)18-8(2)14/h4,10-11H,5-6H2,1-3H3/t10-,11+/m1/s1. The van der Waals surface area contributed by atoms with Crippen molar-refractivity contribution in [3.05, 3.63) is 11.6 Å². The molecule has 0 aromatic rings. The average Bonchev–Trinajstić information content (AvgIpc) is 2.25. The van der Waals surface area contributed by atoms with Crippen molar-refractivity contribution < 1.29 is 28.6 Å². The summed E-state index contributed by atoms with van der Waals surface area (Å²) in [6.07, 6.45) is 1.09. The quantitative estimate of drug-likeness (QED) is 0.547. The summed E-state index contributed by atoms with van der Waals surface area (Å²) in [7, 11) is 1.26. The van der Waals surface area contributed by atoms with E-state index >= 15 is 0 Å². The molecule has 0 aromatic heterocycles. The van der Waals surface area contributed by atoms with E-state index < -0.39 is 30.1 Å². The molecular formula is C12H16O6. The molecule has 100 valence electrons. The van der Waals surface area contributed by atoms with Gasteiger partial charge in [0.05, 0.1) is 7.11 Å². The monoisotopic (exact) mass is 256 g/mol. The minimum absolute atomic E-state index is 0.268. The molecule has 0 fully saturated rings. The van der Waals surface area contributed by atoms with Crippen LogP contribution in [0, 0.1) is 0 Å². The Bertz CT molecular complexity index is 384. The Balaban J connectivity index is 2.81. The second-order valence-electron chi connectivity index (χ2n) is 4.00. The molecule has 0 aromatic carbocycles. The molecule has 0 amide bonds. The van der Waals surface area contributed by atoms with E-state index in [4.69, 9.17) is 9.47 Å². The molecule has 0 saturated heterocycles. The molecule has 18 heavy (non-hydrogen) atoms. The van der Waals surface area contributed by atoms with Crippen LogP contribution in [-0.4, -0.2) is 37.2 Å². The first-order valence-corrected chi connectivity index (χ1v) is 5.55. The van der Waals surface area contributed by atoms with Gasteiger partial charge in [-0.1, -0.05) is 0 Å². The fourth-order valence-corrected chi connectivity index (χ4v) is 1.85. The van der Waals surface area contributed by atoms with Gasteiger partial charge in [-0.05, 0) is 6.08 Å². The number of methoxy groups -OCH3 is 1. The van der Waals surface area contributed by atoms with Crippen LogP contribution in [0.15, 0.2) is 11.6 Å². The maximum Gasteiger partial charge on any atom is 0.333 e. The molecule has 0 radical (unpaired) electrons. The van der Waals surface area contributed by atoms with Crippen LogP contribution >= 0.6 is 0 Å². The lowest BCUT2D eigenvalue weighted by molar-refractivity contribution is -0.153. The van der Waals surface area contributed by atoms with Gasteiger partial charge in [-0.3, -0.25) is 9.59 Å².